The van der Waals surface area contributed by atoms with Crippen molar-refractivity contribution in [1.82, 2.24) is 4.98 Å². The number of amides is 1. The van der Waals surface area contributed by atoms with Gasteiger partial charge in [-0.25, -0.2) is 4.98 Å². The molecule has 0 bridgehead atoms. The first-order valence-corrected chi connectivity index (χ1v) is 6.67. The summed E-state index contributed by atoms with van der Waals surface area (Å²) in [6, 6.07) is 12.4. The maximum absolute atomic E-state index is 12.1. The van der Waals surface area contributed by atoms with Crippen molar-refractivity contribution in [2.45, 2.75) is 13.8 Å². The Morgan fingerprint density at radius 2 is 1.91 bits per heavy atom. The van der Waals surface area contributed by atoms with Crippen molar-refractivity contribution in [3.05, 3.63) is 65.7 Å². The zero-order chi connectivity index (χ0) is 15.9. The van der Waals surface area contributed by atoms with E-state index in [0.29, 0.717) is 11.5 Å². The first-order valence-electron chi connectivity index (χ1n) is 6.67. The van der Waals surface area contributed by atoms with Crippen molar-refractivity contribution in [3.8, 4) is 0 Å². The minimum atomic E-state index is -0.574. The van der Waals surface area contributed by atoms with Crippen LogP contribution in [0.25, 0.3) is 0 Å². The maximum Gasteiger partial charge on any atom is 0.280 e. The van der Waals surface area contributed by atoms with Gasteiger partial charge in [0.25, 0.3) is 5.91 Å². The summed E-state index contributed by atoms with van der Waals surface area (Å²) >= 11 is 0. The second-order valence-electron chi connectivity index (χ2n) is 4.64. The molecule has 0 unspecified atom stereocenters. The van der Waals surface area contributed by atoms with E-state index in [4.69, 9.17) is 0 Å². The summed E-state index contributed by atoms with van der Waals surface area (Å²) < 4.78 is 0. The molecule has 0 saturated carbocycles. The van der Waals surface area contributed by atoms with Crippen LogP contribution in [0.4, 0.5) is 11.5 Å². The number of aryl methyl sites for hydroxylation is 1. The van der Waals surface area contributed by atoms with Crippen LogP contribution in [0.2, 0.25) is 0 Å². The third-order valence-corrected chi connectivity index (χ3v) is 2.76. The fraction of sp³-hybridized carbons (Fsp3) is 0.125. The topological polar surface area (TPSA) is 86.9 Å². The zero-order valence-electron chi connectivity index (χ0n) is 12.3. The van der Waals surface area contributed by atoms with Gasteiger partial charge in [0, 0.05) is 6.20 Å². The average Bonchev–Trinajstić information content (AvgIpc) is 2.50. The van der Waals surface area contributed by atoms with Crippen LogP contribution in [-0.2, 0) is 4.79 Å². The quantitative estimate of drug-likeness (QED) is 0.509. The van der Waals surface area contributed by atoms with Crippen molar-refractivity contribution in [2.24, 2.45) is 10.2 Å². The summed E-state index contributed by atoms with van der Waals surface area (Å²) in [7, 11) is 0. The van der Waals surface area contributed by atoms with Crippen LogP contribution < -0.4 is 5.32 Å². The summed E-state index contributed by atoms with van der Waals surface area (Å²) in [6.45, 7) is 3.34. The summed E-state index contributed by atoms with van der Waals surface area (Å²) in [5, 5.41) is 20.0. The number of rotatable bonds is 4. The number of nitrogens with zero attached hydrogens (tertiary/aromatic N) is 3. The Bertz CT molecular complexity index is 703. The second-order valence-corrected chi connectivity index (χ2v) is 4.64. The zero-order valence-corrected chi connectivity index (χ0v) is 12.3. The summed E-state index contributed by atoms with van der Waals surface area (Å²) in [4.78, 5) is 16.1. The summed E-state index contributed by atoms with van der Waals surface area (Å²) in [5.41, 5.74) is 1.53. The van der Waals surface area contributed by atoms with E-state index >= 15 is 0 Å². The van der Waals surface area contributed by atoms with Gasteiger partial charge in [-0.05, 0) is 38.1 Å². The number of carbonyl (C=O) groups is 1. The fourth-order valence-corrected chi connectivity index (χ4v) is 1.61. The molecule has 0 fully saturated rings. The highest BCUT2D eigenvalue weighted by molar-refractivity contribution is 6.03. The Hall–Kier alpha value is -3.02. The molecule has 22 heavy (non-hydrogen) atoms. The van der Waals surface area contributed by atoms with Crippen molar-refractivity contribution in [1.29, 1.82) is 0 Å². The largest absolute Gasteiger partial charge is 0.510 e. The summed E-state index contributed by atoms with van der Waals surface area (Å²) in [5.74, 6) is -0.421. The Balaban J connectivity index is 2.15. The second kappa shape index (κ2) is 7.12. The molecular formula is C16H16N4O2. The SMILES string of the molecule is CC(O)=C(N=Nc1ccc(C)cc1)C(=O)Nc1ccccn1. The molecule has 2 aromatic rings. The van der Waals surface area contributed by atoms with Gasteiger partial charge in [-0.1, -0.05) is 23.8 Å². The number of aliphatic hydroxyl groups excluding tert-OH is 1. The standard InChI is InChI=1S/C16H16N4O2/c1-11-6-8-13(9-7-11)19-20-15(12(2)21)16(22)18-14-5-3-4-10-17-14/h3-10,21H,1-2H3,(H,17,18,22). The third-order valence-electron chi connectivity index (χ3n) is 2.76. The Kier molecular flexibility index (Phi) is 4.98. The Morgan fingerprint density at radius 3 is 2.50 bits per heavy atom. The molecule has 6 nitrogen and oxygen atoms in total. The minimum absolute atomic E-state index is 0.161. The number of nitrogens with one attached hydrogen (secondary N) is 1. The van der Waals surface area contributed by atoms with Crippen molar-refractivity contribution < 1.29 is 9.90 Å². The number of anilines is 1. The van der Waals surface area contributed by atoms with Crippen LogP contribution in [0, 0.1) is 6.92 Å². The van der Waals surface area contributed by atoms with Crippen molar-refractivity contribution >= 4 is 17.4 Å². The van der Waals surface area contributed by atoms with Gasteiger partial charge in [0.2, 0.25) is 0 Å². The lowest BCUT2D eigenvalue weighted by Gasteiger charge is -2.04. The van der Waals surface area contributed by atoms with Crippen LogP contribution in [0.3, 0.4) is 0 Å². The molecule has 112 valence electrons. The van der Waals surface area contributed by atoms with E-state index in [1.807, 2.05) is 19.1 Å². The van der Waals surface area contributed by atoms with Gasteiger partial charge in [0.15, 0.2) is 5.70 Å². The average molecular weight is 296 g/mol. The highest BCUT2D eigenvalue weighted by Crippen LogP contribution is 2.16. The lowest BCUT2D eigenvalue weighted by molar-refractivity contribution is -0.113. The van der Waals surface area contributed by atoms with Gasteiger partial charge < -0.3 is 10.4 Å². The highest BCUT2D eigenvalue weighted by atomic mass is 16.3. The number of hydrogen-bond acceptors (Lipinski definition) is 5. The first-order chi connectivity index (χ1) is 10.6. The molecule has 2 N–H and O–H groups in total. The highest BCUT2D eigenvalue weighted by Gasteiger charge is 2.13. The van der Waals surface area contributed by atoms with Gasteiger partial charge in [-0.2, -0.15) is 5.11 Å². The predicted molar refractivity (Wildman–Crippen MR) is 83.9 cm³/mol. The first kappa shape index (κ1) is 15.4. The number of allylic oxidation sites excluding steroid dienone is 1. The van der Waals surface area contributed by atoms with Gasteiger partial charge >= 0.3 is 0 Å². The minimum Gasteiger partial charge on any atom is -0.510 e. The predicted octanol–water partition coefficient (Wildman–Crippen LogP) is 3.90. The lowest BCUT2D eigenvalue weighted by Crippen LogP contribution is -2.15. The number of aromatic nitrogens is 1. The lowest BCUT2D eigenvalue weighted by atomic mass is 10.2. The Labute approximate surface area is 128 Å². The molecule has 1 amide bonds. The summed E-state index contributed by atoms with van der Waals surface area (Å²) in [6.07, 6.45) is 1.55. The van der Waals surface area contributed by atoms with Crippen LogP contribution in [-0.4, -0.2) is 16.0 Å². The van der Waals surface area contributed by atoms with E-state index in [1.54, 1.807) is 36.5 Å². The van der Waals surface area contributed by atoms with E-state index in [1.165, 1.54) is 6.92 Å². The van der Waals surface area contributed by atoms with E-state index in [-0.39, 0.29) is 11.5 Å². The Morgan fingerprint density at radius 1 is 1.18 bits per heavy atom. The maximum atomic E-state index is 12.1. The van der Waals surface area contributed by atoms with Gasteiger partial charge in [0.1, 0.15) is 11.6 Å². The molecule has 0 aliphatic heterocycles. The molecule has 0 saturated heterocycles. The van der Waals surface area contributed by atoms with E-state index in [2.05, 4.69) is 20.5 Å². The molecule has 1 heterocycles. The monoisotopic (exact) mass is 296 g/mol. The van der Waals surface area contributed by atoms with Crippen LogP contribution in [0.1, 0.15) is 12.5 Å². The molecule has 2 rings (SSSR count). The molecule has 1 aromatic carbocycles. The van der Waals surface area contributed by atoms with Crippen LogP contribution in [0.15, 0.2) is 70.3 Å². The normalized spacial score (nSPS) is 12.1. The smallest absolute Gasteiger partial charge is 0.280 e. The number of hydrogen-bond donors (Lipinski definition) is 2. The molecule has 1 aromatic heterocycles. The molecule has 0 radical (unpaired) electrons. The van der Waals surface area contributed by atoms with Crippen LogP contribution >= 0.6 is 0 Å². The molecular weight excluding hydrogens is 280 g/mol. The van der Waals surface area contributed by atoms with E-state index in [0.717, 1.165) is 5.56 Å². The third kappa shape index (κ3) is 4.24. The van der Waals surface area contributed by atoms with Crippen molar-refractivity contribution in [2.75, 3.05) is 5.32 Å². The fourth-order valence-electron chi connectivity index (χ4n) is 1.61. The van der Waals surface area contributed by atoms with Crippen LogP contribution in [0.5, 0.6) is 0 Å². The number of carbonyl (C=O) groups excluding carboxylic acids is 1. The van der Waals surface area contributed by atoms with E-state index < -0.39 is 5.91 Å². The number of pyridine rings is 1. The molecule has 6 heteroatoms. The molecule has 0 atom stereocenters. The molecule has 0 aliphatic rings. The van der Waals surface area contributed by atoms with Crippen molar-refractivity contribution in [3.63, 3.8) is 0 Å². The van der Waals surface area contributed by atoms with Gasteiger partial charge in [-0.3, -0.25) is 4.79 Å². The molecule has 0 aliphatic carbocycles. The molecule has 0 spiro atoms. The number of aliphatic hydroxyl groups is 1. The van der Waals surface area contributed by atoms with E-state index in [9.17, 15) is 9.90 Å². The number of azo groups is 1. The van der Waals surface area contributed by atoms with Gasteiger partial charge in [0.05, 0.1) is 5.69 Å². The van der Waals surface area contributed by atoms with Gasteiger partial charge in [-0.15, -0.1) is 5.11 Å². The number of benzene rings is 1.